The largest absolute Gasteiger partial charge is 0.509 e. The van der Waals surface area contributed by atoms with E-state index in [4.69, 9.17) is 10.7 Å². The number of anilines is 1. The summed E-state index contributed by atoms with van der Waals surface area (Å²) in [4.78, 5) is 8.06. The minimum absolute atomic E-state index is 0.169. The topological polar surface area (TPSA) is 127 Å². The van der Waals surface area contributed by atoms with Gasteiger partial charge >= 0.3 is 0 Å². The Bertz CT molecular complexity index is 1500. The Morgan fingerprint density at radius 3 is 2.64 bits per heavy atom. The number of fused-ring (bicyclic) bond motifs is 1. The van der Waals surface area contributed by atoms with Gasteiger partial charge in [-0.25, -0.2) is 4.98 Å². The molecule has 0 amide bonds. The Kier molecular flexibility index (Phi) is 6.54. The monoisotopic (exact) mass is 495 g/mol. The molecule has 0 bridgehead atoms. The number of allylic oxidation sites excluding steroid dienone is 3. The molecule has 3 aromatic heterocycles. The van der Waals surface area contributed by atoms with Crippen molar-refractivity contribution in [3.8, 4) is 27.8 Å². The molecule has 0 saturated carbocycles. The SMILES string of the molecule is C=C(O)/C=C(\C=C/N)c1nc2n[nH]c(-c3cccs3)c2c(-c2ccc(N3CCNCC3)cc2)c1C#N. The molecule has 0 unspecified atom stereocenters. The van der Waals surface area contributed by atoms with Crippen LogP contribution in [0.2, 0.25) is 0 Å². The van der Waals surface area contributed by atoms with Gasteiger partial charge in [-0.3, -0.25) is 5.10 Å². The number of rotatable bonds is 6. The molecule has 1 fully saturated rings. The van der Waals surface area contributed by atoms with Gasteiger partial charge < -0.3 is 21.1 Å². The van der Waals surface area contributed by atoms with E-state index in [1.165, 1.54) is 12.3 Å². The van der Waals surface area contributed by atoms with Crippen LogP contribution in [0, 0.1) is 11.3 Å². The molecule has 4 aromatic rings. The van der Waals surface area contributed by atoms with Gasteiger partial charge in [-0.1, -0.05) is 24.8 Å². The summed E-state index contributed by atoms with van der Waals surface area (Å²) in [6.45, 7) is 7.35. The fourth-order valence-electron chi connectivity index (χ4n) is 4.50. The number of nitrogens with one attached hydrogen (secondary N) is 2. The Balaban J connectivity index is 1.77. The molecule has 0 atom stereocenters. The Hall–Kier alpha value is -4.39. The van der Waals surface area contributed by atoms with Gasteiger partial charge in [0, 0.05) is 43.0 Å². The van der Waals surface area contributed by atoms with E-state index in [-0.39, 0.29) is 5.76 Å². The standard InChI is InChI=1S/C27H25N7OS/c1-17(35)15-19(8-9-28)25-21(16-29)23(18-4-6-20(7-5-18)34-12-10-30-11-13-34)24-26(22-3-2-14-36-22)32-33-27(24)31-25/h2-9,14-15,30,35H,1,10-13,28H2,(H,31,32,33)/b9-8-,19-15+. The number of aromatic amines is 1. The zero-order chi connectivity index (χ0) is 25.1. The van der Waals surface area contributed by atoms with E-state index in [2.05, 4.69) is 45.2 Å². The Labute approximate surface area is 212 Å². The molecule has 9 heteroatoms. The van der Waals surface area contributed by atoms with Gasteiger partial charge in [0.2, 0.25) is 0 Å². The third kappa shape index (κ3) is 4.35. The number of aromatic nitrogens is 3. The van der Waals surface area contributed by atoms with Crippen LogP contribution < -0.4 is 16.0 Å². The number of nitrogens with zero attached hydrogens (tertiary/aromatic N) is 4. The molecule has 0 aliphatic carbocycles. The third-order valence-electron chi connectivity index (χ3n) is 6.09. The highest BCUT2D eigenvalue weighted by molar-refractivity contribution is 7.13. The number of thiophene rings is 1. The van der Waals surface area contributed by atoms with E-state index in [1.54, 1.807) is 17.4 Å². The van der Waals surface area contributed by atoms with E-state index in [0.29, 0.717) is 22.5 Å². The molecule has 1 aromatic carbocycles. The molecule has 8 nitrogen and oxygen atoms in total. The molecule has 4 heterocycles. The summed E-state index contributed by atoms with van der Waals surface area (Å²) >= 11 is 1.58. The van der Waals surface area contributed by atoms with Crippen molar-refractivity contribution in [2.45, 2.75) is 0 Å². The predicted octanol–water partition coefficient (Wildman–Crippen LogP) is 4.56. The third-order valence-corrected chi connectivity index (χ3v) is 6.98. The maximum atomic E-state index is 10.4. The van der Waals surface area contributed by atoms with E-state index in [1.807, 2.05) is 29.6 Å². The summed E-state index contributed by atoms with van der Waals surface area (Å²) in [5, 5.41) is 34.0. The van der Waals surface area contributed by atoms with Crippen LogP contribution in [0.4, 0.5) is 5.69 Å². The van der Waals surface area contributed by atoms with Crippen LogP contribution in [0.1, 0.15) is 11.3 Å². The molecule has 5 N–H and O–H groups in total. The first-order valence-electron chi connectivity index (χ1n) is 11.5. The maximum absolute atomic E-state index is 10.4. The maximum Gasteiger partial charge on any atom is 0.182 e. The second kappa shape index (κ2) is 10.1. The number of nitrogens with two attached hydrogens (primary N) is 1. The van der Waals surface area contributed by atoms with Gasteiger partial charge in [-0.05, 0) is 47.5 Å². The average Bonchev–Trinajstić information content (AvgIpc) is 3.58. The minimum atomic E-state index is -0.169. The lowest BCUT2D eigenvalue weighted by atomic mass is 9.92. The van der Waals surface area contributed by atoms with Crippen molar-refractivity contribution >= 4 is 33.6 Å². The van der Waals surface area contributed by atoms with Gasteiger partial charge in [0.05, 0.1) is 27.2 Å². The molecule has 36 heavy (non-hydrogen) atoms. The van der Waals surface area contributed by atoms with Crippen LogP contribution in [0.5, 0.6) is 0 Å². The van der Waals surface area contributed by atoms with E-state index in [9.17, 15) is 10.4 Å². The number of H-pyrrole nitrogens is 1. The summed E-state index contributed by atoms with van der Waals surface area (Å²) in [6, 6.07) is 14.6. The van der Waals surface area contributed by atoms with Crippen LogP contribution in [-0.2, 0) is 0 Å². The van der Waals surface area contributed by atoms with Gasteiger partial charge in [-0.2, -0.15) is 10.4 Å². The number of aliphatic hydroxyl groups is 1. The van der Waals surface area contributed by atoms with Crippen LogP contribution in [0.15, 0.2) is 72.5 Å². The molecule has 0 radical (unpaired) electrons. The highest BCUT2D eigenvalue weighted by Gasteiger charge is 2.24. The first-order valence-corrected chi connectivity index (χ1v) is 12.4. The van der Waals surface area contributed by atoms with Crippen LogP contribution in [0.3, 0.4) is 0 Å². The van der Waals surface area contributed by atoms with Crippen molar-refractivity contribution in [2.24, 2.45) is 5.73 Å². The van der Waals surface area contributed by atoms with E-state index in [0.717, 1.165) is 59.0 Å². The minimum Gasteiger partial charge on any atom is -0.509 e. The Morgan fingerprint density at radius 1 is 1.22 bits per heavy atom. The fourth-order valence-corrected chi connectivity index (χ4v) is 5.23. The van der Waals surface area contributed by atoms with Crippen LogP contribution in [0.25, 0.3) is 38.3 Å². The summed E-state index contributed by atoms with van der Waals surface area (Å²) < 4.78 is 0. The van der Waals surface area contributed by atoms with Gasteiger partial charge in [0.25, 0.3) is 0 Å². The smallest absolute Gasteiger partial charge is 0.182 e. The molecule has 0 spiro atoms. The second-order valence-electron chi connectivity index (χ2n) is 8.33. The number of aliphatic hydroxyl groups excluding tert-OH is 1. The zero-order valence-corrected chi connectivity index (χ0v) is 20.3. The summed E-state index contributed by atoms with van der Waals surface area (Å²) in [7, 11) is 0. The summed E-state index contributed by atoms with van der Waals surface area (Å²) in [5.41, 5.74) is 10.9. The van der Waals surface area contributed by atoms with Gasteiger partial charge in [0.15, 0.2) is 5.65 Å². The first kappa shape index (κ1) is 23.4. The predicted molar refractivity (Wildman–Crippen MR) is 146 cm³/mol. The fraction of sp³-hybridized carbons (Fsp3) is 0.148. The summed E-state index contributed by atoms with van der Waals surface area (Å²) in [5.74, 6) is -0.169. The highest BCUT2D eigenvalue weighted by Crippen LogP contribution is 2.41. The molecule has 5 rings (SSSR count). The number of piperazine rings is 1. The lowest BCUT2D eigenvalue weighted by Crippen LogP contribution is -2.43. The number of hydrogen-bond donors (Lipinski definition) is 4. The van der Waals surface area contributed by atoms with Crippen LogP contribution >= 0.6 is 11.3 Å². The molecular formula is C27H25N7OS. The highest BCUT2D eigenvalue weighted by atomic mass is 32.1. The normalized spacial score (nSPS) is 14.4. The van der Waals surface area contributed by atoms with Crippen molar-refractivity contribution in [1.29, 1.82) is 5.26 Å². The average molecular weight is 496 g/mol. The van der Waals surface area contributed by atoms with E-state index >= 15 is 0 Å². The molecular weight excluding hydrogens is 470 g/mol. The van der Waals surface area contributed by atoms with Crippen molar-refractivity contribution in [2.75, 3.05) is 31.1 Å². The van der Waals surface area contributed by atoms with Crippen molar-refractivity contribution in [3.63, 3.8) is 0 Å². The second-order valence-corrected chi connectivity index (χ2v) is 9.28. The number of pyridine rings is 1. The van der Waals surface area contributed by atoms with Crippen molar-refractivity contribution < 1.29 is 5.11 Å². The first-order chi connectivity index (χ1) is 17.6. The van der Waals surface area contributed by atoms with E-state index < -0.39 is 0 Å². The number of benzene rings is 1. The quantitative estimate of drug-likeness (QED) is 0.228. The zero-order valence-electron chi connectivity index (χ0n) is 19.5. The molecule has 1 aliphatic heterocycles. The van der Waals surface area contributed by atoms with Crippen LogP contribution in [-0.4, -0.2) is 46.5 Å². The number of nitriles is 1. The Morgan fingerprint density at radius 2 is 2.00 bits per heavy atom. The lowest BCUT2D eigenvalue weighted by molar-refractivity contribution is 0.435. The lowest BCUT2D eigenvalue weighted by Gasteiger charge is -2.29. The molecule has 1 saturated heterocycles. The number of hydrogen-bond acceptors (Lipinski definition) is 8. The summed E-state index contributed by atoms with van der Waals surface area (Å²) in [6.07, 6.45) is 4.36. The molecule has 1 aliphatic rings. The van der Waals surface area contributed by atoms with Crippen molar-refractivity contribution in [3.05, 3.63) is 83.7 Å². The molecule has 180 valence electrons. The van der Waals surface area contributed by atoms with Gasteiger partial charge in [0.1, 0.15) is 11.8 Å². The van der Waals surface area contributed by atoms with Crippen molar-refractivity contribution in [1.82, 2.24) is 20.5 Å². The van der Waals surface area contributed by atoms with Gasteiger partial charge in [-0.15, -0.1) is 11.3 Å².